The third-order valence-electron chi connectivity index (χ3n) is 2.79. The van der Waals surface area contributed by atoms with E-state index in [0.29, 0.717) is 4.47 Å². The molecule has 0 aliphatic heterocycles. The summed E-state index contributed by atoms with van der Waals surface area (Å²) in [7, 11) is 0. The summed E-state index contributed by atoms with van der Waals surface area (Å²) in [6.45, 7) is 2.13. The van der Waals surface area contributed by atoms with Crippen LogP contribution in [0.4, 0.5) is 17.2 Å². The normalized spacial score (nSPS) is 10.3. The number of benzene rings is 1. The van der Waals surface area contributed by atoms with E-state index < -0.39 is 4.92 Å². The van der Waals surface area contributed by atoms with Crippen LogP contribution in [0.2, 0.25) is 0 Å². The molecule has 0 amide bonds. The molecule has 2 aromatic rings. The lowest BCUT2D eigenvalue weighted by Crippen LogP contribution is -1.99. The van der Waals surface area contributed by atoms with Crippen molar-refractivity contribution < 1.29 is 4.92 Å². The summed E-state index contributed by atoms with van der Waals surface area (Å²) in [6, 6.07) is 9.25. The number of nitrogens with one attached hydrogen (secondary N) is 1. The van der Waals surface area contributed by atoms with Crippen LogP contribution in [0.25, 0.3) is 0 Å². The van der Waals surface area contributed by atoms with Gasteiger partial charge in [0.25, 0.3) is 0 Å². The molecule has 0 spiro atoms. The average Bonchev–Trinajstić information content (AvgIpc) is 2.43. The van der Waals surface area contributed by atoms with Gasteiger partial charge in [0.05, 0.1) is 4.92 Å². The molecule has 0 bridgehead atoms. The van der Waals surface area contributed by atoms with Gasteiger partial charge in [-0.15, -0.1) is 0 Å². The number of aromatic nitrogens is 1. The Morgan fingerprint density at radius 2 is 2.05 bits per heavy atom. The van der Waals surface area contributed by atoms with Crippen molar-refractivity contribution in [3.63, 3.8) is 0 Å². The number of aryl methyl sites for hydroxylation is 1. The Morgan fingerprint density at radius 1 is 1.35 bits per heavy atom. The quantitative estimate of drug-likeness (QED) is 0.647. The number of nitro groups is 1. The largest absolute Gasteiger partial charge is 0.334 e. The van der Waals surface area contributed by atoms with E-state index in [4.69, 9.17) is 0 Å². The fourth-order valence-electron chi connectivity index (χ4n) is 1.84. The van der Waals surface area contributed by atoms with Crippen molar-refractivity contribution >= 4 is 33.1 Å². The van der Waals surface area contributed by atoms with Crippen LogP contribution in [0.1, 0.15) is 18.9 Å². The molecule has 20 heavy (non-hydrogen) atoms. The molecule has 1 aromatic heterocycles. The number of nitrogens with zero attached hydrogens (tertiary/aromatic N) is 2. The second-order valence-corrected chi connectivity index (χ2v) is 5.27. The van der Waals surface area contributed by atoms with Gasteiger partial charge in [-0.2, -0.15) is 0 Å². The van der Waals surface area contributed by atoms with Crippen LogP contribution in [0.5, 0.6) is 0 Å². The summed E-state index contributed by atoms with van der Waals surface area (Å²) in [4.78, 5) is 14.6. The molecule has 104 valence electrons. The van der Waals surface area contributed by atoms with Gasteiger partial charge >= 0.3 is 5.69 Å². The highest BCUT2D eigenvalue weighted by atomic mass is 79.9. The summed E-state index contributed by atoms with van der Waals surface area (Å²) < 4.78 is 0.577. The second-order valence-electron chi connectivity index (χ2n) is 4.35. The topological polar surface area (TPSA) is 68.1 Å². The number of pyridine rings is 1. The van der Waals surface area contributed by atoms with Crippen LogP contribution in [-0.4, -0.2) is 9.91 Å². The standard InChI is InChI=1S/C14H14BrN3O2/c1-2-3-10-4-6-12(7-5-10)17-14-13(18(19)20)8-11(15)9-16-14/h4-9H,2-3H2,1H3,(H,16,17). The van der Waals surface area contributed by atoms with Crippen LogP contribution in [0.15, 0.2) is 41.0 Å². The predicted molar refractivity (Wildman–Crippen MR) is 82.3 cm³/mol. The first-order chi connectivity index (χ1) is 9.60. The zero-order valence-electron chi connectivity index (χ0n) is 11.0. The van der Waals surface area contributed by atoms with Gasteiger partial charge in [0.15, 0.2) is 0 Å². The lowest BCUT2D eigenvalue weighted by molar-refractivity contribution is -0.384. The summed E-state index contributed by atoms with van der Waals surface area (Å²) in [5, 5.41) is 14.0. The molecule has 1 N–H and O–H groups in total. The monoisotopic (exact) mass is 335 g/mol. The van der Waals surface area contributed by atoms with Crippen LogP contribution in [0.3, 0.4) is 0 Å². The molecular formula is C14H14BrN3O2. The minimum atomic E-state index is -0.453. The summed E-state index contributed by atoms with van der Waals surface area (Å²) in [6.07, 6.45) is 3.64. The van der Waals surface area contributed by atoms with Gasteiger partial charge in [-0.25, -0.2) is 4.98 Å². The zero-order valence-corrected chi connectivity index (χ0v) is 12.6. The molecule has 0 radical (unpaired) electrons. The van der Waals surface area contributed by atoms with Gasteiger partial charge in [0.2, 0.25) is 5.82 Å². The first kappa shape index (κ1) is 14.5. The van der Waals surface area contributed by atoms with E-state index >= 15 is 0 Å². The molecule has 0 atom stereocenters. The van der Waals surface area contributed by atoms with Gasteiger partial charge in [-0.1, -0.05) is 25.5 Å². The van der Waals surface area contributed by atoms with E-state index in [-0.39, 0.29) is 11.5 Å². The van der Waals surface area contributed by atoms with E-state index in [1.807, 2.05) is 24.3 Å². The van der Waals surface area contributed by atoms with Gasteiger partial charge < -0.3 is 5.32 Å². The Labute approximate surface area is 125 Å². The molecule has 0 saturated heterocycles. The third-order valence-corrected chi connectivity index (χ3v) is 3.22. The van der Waals surface area contributed by atoms with Crippen molar-refractivity contribution in [1.82, 2.24) is 4.98 Å². The highest BCUT2D eigenvalue weighted by Gasteiger charge is 2.15. The van der Waals surface area contributed by atoms with Gasteiger partial charge in [0.1, 0.15) is 0 Å². The van der Waals surface area contributed by atoms with Crippen molar-refractivity contribution in [1.29, 1.82) is 0 Å². The smallest absolute Gasteiger partial charge is 0.312 e. The average molecular weight is 336 g/mol. The van der Waals surface area contributed by atoms with E-state index in [2.05, 4.69) is 33.2 Å². The maximum absolute atomic E-state index is 11.0. The first-order valence-electron chi connectivity index (χ1n) is 6.26. The number of anilines is 2. The second kappa shape index (κ2) is 6.47. The van der Waals surface area contributed by atoms with Crippen LogP contribution in [-0.2, 0) is 6.42 Å². The van der Waals surface area contributed by atoms with E-state index in [1.165, 1.54) is 17.8 Å². The van der Waals surface area contributed by atoms with Gasteiger partial charge in [-0.3, -0.25) is 10.1 Å². The van der Waals surface area contributed by atoms with Crippen LogP contribution >= 0.6 is 15.9 Å². The van der Waals surface area contributed by atoms with E-state index in [1.54, 1.807) is 0 Å². The van der Waals surface area contributed by atoms with Crippen LogP contribution < -0.4 is 5.32 Å². The zero-order chi connectivity index (χ0) is 14.5. The Kier molecular flexibility index (Phi) is 4.68. The van der Waals surface area contributed by atoms with Crippen molar-refractivity contribution in [2.24, 2.45) is 0 Å². The fourth-order valence-corrected chi connectivity index (χ4v) is 2.16. The van der Waals surface area contributed by atoms with Crippen LogP contribution in [0, 0.1) is 10.1 Å². The summed E-state index contributed by atoms with van der Waals surface area (Å²) in [5.74, 6) is 0.237. The molecule has 1 heterocycles. The first-order valence-corrected chi connectivity index (χ1v) is 7.05. The highest BCUT2D eigenvalue weighted by Crippen LogP contribution is 2.28. The Balaban J connectivity index is 2.23. The van der Waals surface area contributed by atoms with Gasteiger partial charge in [-0.05, 0) is 40.0 Å². The summed E-state index contributed by atoms with van der Waals surface area (Å²) in [5.41, 5.74) is 1.97. The lowest BCUT2D eigenvalue weighted by atomic mass is 10.1. The van der Waals surface area contributed by atoms with E-state index in [0.717, 1.165) is 18.5 Å². The van der Waals surface area contributed by atoms with Crippen molar-refractivity contribution in [2.45, 2.75) is 19.8 Å². The minimum absolute atomic E-state index is 0.0583. The predicted octanol–water partition coefficient (Wildman–Crippen LogP) is 4.45. The lowest BCUT2D eigenvalue weighted by Gasteiger charge is -2.07. The molecule has 5 nitrogen and oxygen atoms in total. The molecule has 0 unspecified atom stereocenters. The van der Waals surface area contributed by atoms with E-state index in [9.17, 15) is 10.1 Å². The van der Waals surface area contributed by atoms with Gasteiger partial charge in [0, 0.05) is 22.4 Å². The van der Waals surface area contributed by atoms with Crippen molar-refractivity contribution in [3.05, 3.63) is 56.7 Å². The third kappa shape index (κ3) is 3.54. The molecule has 2 rings (SSSR count). The Morgan fingerprint density at radius 3 is 2.65 bits per heavy atom. The molecule has 0 saturated carbocycles. The number of rotatable bonds is 5. The summed E-state index contributed by atoms with van der Waals surface area (Å²) >= 11 is 3.18. The molecule has 0 aliphatic carbocycles. The molecular weight excluding hydrogens is 322 g/mol. The maximum Gasteiger partial charge on any atom is 0.312 e. The maximum atomic E-state index is 11.0. The van der Waals surface area contributed by atoms with Crippen molar-refractivity contribution in [2.75, 3.05) is 5.32 Å². The Bertz CT molecular complexity index is 614. The number of halogens is 1. The van der Waals surface area contributed by atoms with Crippen molar-refractivity contribution in [3.8, 4) is 0 Å². The molecule has 0 aliphatic rings. The fraction of sp³-hybridized carbons (Fsp3) is 0.214. The number of hydrogen-bond donors (Lipinski definition) is 1. The molecule has 6 heteroatoms. The molecule has 0 fully saturated rings. The Hall–Kier alpha value is -1.95. The highest BCUT2D eigenvalue weighted by molar-refractivity contribution is 9.10. The molecule has 1 aromatic carbocycles. The minimum Gasteiger partial charge on any atom is -0.334 e. The number of hydrogen-bond acceptors (Lipinski definition) is 4. The SMILES string of the molecule is CCCc1ccc(Nc2ncc(Br)cc2[N+](=O)[O-])cc1.